The van der Waals surface area contributed by atoms with E-state index in [1.807, 2.05) is 18.2 Å². The molecule has 2 rings (SSSR count). The molecule has 2 aromatic rings. The van der Waals surface area contributed by atoms with Crippen LogP contribution in [0.5, 0.6) is 5.75 Å². The number of hydrogen-bond acceptors (Lipinski definition) is 2. The third-order valence-electron chi connectivity index (χ3n) is 3.32. The van der Waals surface area contributed by atoms with Crippen LogP contribution in [0.2, 0.25) is 0 Å². The van der Waals surface area contributed by atoms with Crippen LogP contribution in [-0.2, 0) is 12.8 Å². The number of aromatic hydroxyl groups is 1. The van der Waals surface area contributed by atoms with Crippen LogP contribution < -0.4 is 0 Å². The summed E-state index contributed by atoms with van der Waals surface area (Å²) in [5.41, 5.74) is 3.10. The predicted octanol–water partition coefficient (Wildman–Crippen LogP) is 3.63. The number of aromatic carboxylic acids is 1. The highest BCUT2D eigenvalue weighted by atomic mass is 16.4. The van der Waals surface area contributed by atoms with Crippen LogP contribution in [0.1, 0.15) is 40.4 Å². The van der Waals surface area contributed by atoms with E-state index in [2.05, 4.69) is 6.92 Å². The molecular formula is C17H18O3. The van der Waals surface area contributed by atoms with E-state index in [1.165, 1.54) is 0 Å². The second-order valence-corrected chi connectivity index (χ2v) is 4.85. The summed E-state index contributed by atoms with van der Waals surface area (Å²) in [5, 5.41) is 19.1. The standard InChI is InChI=1S/C17H18O3/c1-2-4-13-5-3-6-15(16(13)18)11-12-7-9-14(10-8-12)17(19)20/h3,5-10,18H,2,4,11H2,1H3,(H,19,20). The zero-order valence-electron chi connectivity index (χ0n) is 11.5. The van der Waals surface area contributed by atoms with Crippen LogP contribution in [0.4, 0.5) is 0 Å². The fourth-order valence-corrected chi connectivity index (χ4v) is 2.24. The van der Waals surface area contributed by atoms with Gasteiger partial charge in [0.25, 0.3) is 0 Å². The molecule has 0 aliphatic carbocycles. The lowest BCUT2D eigenvalue weighted by Crippen LogP contribution is -1.97. The normalized spacial score (nSPS) is 10.4. The molecule has 0 heterocycles. The van der Waals surface area contributed by atoms with E-state index >= 15 is 0 Å². The lowest BCUT2D eigenvalue weighted by Gasteiger charge is -2.09. The van der Waals surface area contributed by atoms with Crippen LogP contribution in [0, 0.1) is 0 Å². The minimum atomic E-state index is -0.927. The summed E-state index contributed by atoms with van der Waals surface area (Å²) in [4.78, 5) is 10.8. The topological polar surface area (TPSA) is 57.5 Å². The second kappa shape index (κ2) is 6.24. The zero-order chi connectivity index (χ0) is 14.5. The third kappa shape index (κ3) is 3.18. The maximum absolute atomic E-state index is 10.8. The van der Waals surface area contributed by atoms with Gasteiger partial charge < -0.3 is 10.2 Å². The Balaban J connectivity index is 2.21. The quantitative estimate of drug-likeness (QED) is 0.872. The summed E-state index contributed by atoms with van der Waals surface area (Å²) in [6, 6.07) is 12.5. The van der Waals surface area contributed by atoms with Gasteiger partial charge in [0.05, 0.1) is 5.56 Å². The maximum atomic E-state index is 10.8. The minimum absolute atomic E-state index is 0.276. The van der Waals surface area contributed by atoms with Gasteiger partial charge >= 0.3 is 5.97 Å². The molecule has 0 aliphatic heterocycles. The molecule has 2 N–H and O–H groups in total. The van der Waals surface area contributed by atoms with Crippen molar-refractivity contribution in [3.8, 4) is 5.75 Å². The van der Waals surface area contributed by atoms with E-state index in [9.17, 15) is 9.90 Å². The molecule has 20 heavy (non-hydrogen) atoms. The Kier molecular flexibility index (Phi) is 4.41. The van der Waals surface area contributed by atoms with Crippen molar-refractivity contribution >= 4 is 5.97 Å². The van der Waals surface area contributed by atoms with Crippen molar-refractivity contribution in [3.05, 3.63) is 64.7 Å². The predicted molar refractivity (Wildman–Crippen MR) is 78.3 cm³/mol. The molecule has 0 aromatic heterocycles. The smallest absolute Gasteiger partial charge is 0.335 e. The summed E-state index contributed by atoms with van der Waals surface area (Å²) in [6.07, 6.45) is 2.45. The van der Waals surface area contributed by atoms with Crippen molar-refractivity contribution in [1.82, 2.24) is 0 Å². The first-order valence-corrected chi connectivity index (χ1v) is 6.73. The summed E-state index contributed by atoms with van der Waals surface area (Å²) >= 11 is 0. The Morgan fingerprint density at radius 1 is 1.05 bits per heavy atom. The molecule has 0 radical (unpaired) electrons. The van der Waals surface area contributed by atoms with Crippen molar-refractivity contribution in [2.75, 3.05) is 0 Å². The molecule has 104 valence electrons. The van der Waals surface area contributed by atoms with Gasteiger partial charge in [-0.15, -0.1) is 0 Å². The minimum Gasteiger partial charge on any atom is -0.507 e. The number of carbonyl (C=O) groups is 1. The first-order valence-electron chi connectivity index (χ1n) is 6.73. The largest absolute Gasteiger partial charge is 0.507 e. The molecule has 0 saturated heterocycles. The van der Waals surface area contributed by atoms with Crippen molar-refractivity contribution < 1.29 is 15.0 Å². The number of phenols is 1. The maximum Gasteiger partial charge on any atom is 0.335 e. The molecule has 0 fully saturated rings. The summed E-state index contributed by atoms with van der Waals surface area (Å²) in [7, 11) is 0. The Morgan fingerprint density at radius 2 is 1.70 bits per heavy atom. The van der Waals surface area contributed by atoms with Crippen LogP contribution >= 0.6 is 0 Å². The van der Waals surface area contributed by atoms with Crippen LogP contribution in [0.3, 0.4) is 0 Å². The molecule has 3 heteroatoms. The molecule has 3 nitrogen and oxygen atoms in total. The summed E-state index contributed by atoms with van der Waals surface area (Å²) in [6.45, 7) is 2.08. The van der Waals surface area contributed by atoms with Crippen molar-refractivity contribution in [3.63, 3.8) is 0 Å². The molecule has 0 bridgehead atoms. The van der Waals surface area contributed by atoms with E-state index < -0.39 is 5.97 Å². The van der Waals surface area contributed by atoms with Crippen LogP contribution in [0.15, 0.2) is 42.5 Å². The zero-order valence-corrected chi connectivity index (χ0v) is 11.5. The number of rotatable bonds is 5. The number of carboxylic acid groups (broad SMARTS) is 1. The number of hydrogen-bond donors (Lipinski definition) is 2. The lowest BCUT2D eigenvalue weighted by atomic mass is 9.99. The molecule has 0 amide bonds. The summed E-state index contributed by atoms with van der Waals surface area (Å²) < 4.78 is 0. The van der Waals surface area contributed by atoms with Crippen molar-refractivity contribution in [2.24, 2.45) is 0 Å². The highest BCUT2D eigenvalue weighted by molar-refractivity contribution is 5.87. The number of benzene rings is 2. The molecule has 0 spiro atoms. The van der Waals surface area contributed by atoms with Gasteiger partial charge in [-0.3, -0.25) is 0 Å². The number of para-hydroxylation sites is 1. The number of phenolic OH excluding ortho intramolecular Hbond substituents is 1. The van der Waals surface area contributed by atoms with Crippen molar-refractivity contribution in [1.29, 1.82) is 0 Å². The highest BCUT2D eigenvalue weighted by Crippen LogP contribution is 2.26. The Labute approximate surface area is 118 Å². The van der Waals surface area contributed by atoms with Crippen LogP contribution in [0.25, 0.3) is 0 Å². The van der Waals surface area contributed by atoms with Gasteiger partial charge in [0.1, 0.15) is 5.75 Å². The van der Waals surface area contributed by atoms with Crippen LogP contribution in [-0.4, -0.2) is 16.2 Å². The van der Waals surface area contributed by atoms with E-state index in [0.29, 0.717) is 12.2 Å². The van der Waals surface area contributed by atoms with Gasteiger partial charge in [0.2, 0.25) is 0 Å². The molecule has 2 aromatic carbocycles. The van der Waals surface area contributed by atoms with E-state index in [-0.39, 0.29) is 5.56 Å². The number of aryl methyl sites for hydroxylation is 1. The monoisotopic (exact) mass is 270 g/mol. The fourth-order valence-electron chi connectivity index (χ4n) is 2.24. The van der Waals surface area contributed by atoms with Gasteiger partial charge in [-0.2, -0.15) is 0 Å². The van der Waals surface area contributed by atoms with Crippen molar-refractivity contribution in [2.45, 2.75) is 26.2 Å². The van der Waals surface area contributed by atoms with Gasteiger partial charge in [0, 0.05) is 6.42 Å². The Bertz CT molecular complexity index is 600. The summed E-state index contributed by atoms with van der Waals surface area (Å²) in [5.74, 6) is -0.569. The van der Waals surface area contributed by atoms with Gasteiger partial charge in [-0.1, -0.05) is 43.7 Å². The lowest BCUT2D eigenvalue weighted by molar-refractivity contribution is 0.0697. The average Bonchev–Trinajstić information content (AvgIpc) is 2.44. The molecule has 0 unspecified atom stereocenters. The highest BCUT2D eigenvalue weighted by Gasteiger charge is 2.08. The van der Waals surface area contributed by atoms with Gasteiger partial charge in [-0.25, -0.2) is 4.79 Å². The molecular weight excluding hydrogens is 252 g/mol. The molecule has 0 aliphatic rings. The Hall–Kier alpha value is -2.29. The number of carboxylic acids is 1. The Morgan fingerprint density at radius 3 is 2.30 bits per heavy atom. The van der Waals surface area contributed by atoms with E-state index in [1.54, 1.807) is 24.3 Å². The molecule has 0 atom stereocenters. The third-order valence-corrected chi connectivity index (χ3v) is 3.32. The first kappa shape index (κ1) is 14.1. The SMILES string of the molecule is CCCc1cccc(Cc2ccc(C(=O)O)cc2)c1O. The fraction of sp³-hybridized carbons (Fsp3) is 0.235. The second-order valence-electron chi connectivity index (χ2n) is 4.85. The van der Waals surface area contributed by atoms with E-state index in [4.69, 9.17) is 5.11 Å². The van der Waals surface area contributed by atoms with Gasteiger partial charge in [-0.05, 0) is 35.2 Å². The molecule has 0 saturated carbocycles. The average molecular weight is 270 g/mol. The van der Waals surface area contributed by atoms with Gasteiger partial charge in [0.15, 0.2) is 0 Å². The van der Waals surface area contributed by atoms with E-state index in [0.717, 1.165) is 29.5 Å². The first-order chi connectivity index (χ1) is 9.61.